The van der Waals surface area contributed by atoms with Gasteiger partial charge in [-0.3, -0.25) is 0 Å². The van der Waals surface area contributed by atoms with Gasteiger partial charge in [0, 0.05) is 16.6 Å². The maximum atomic E-state index is 5.95. The third-order valence-electron chi connectivity index (χ3n) is 2.87. The lowest BCUT2D eigenvalue weighted by molar-refractivity contribution is 0.302. The zero-order valence-corrected chi connectivity index (χ0v) is 14.0. The molecule has 0 amide bonds. The van der Waals surface area contributed by atoms with Crippen molar-refractivity contribution in [3.05, 3.63) is 44.6 Å². The molecule has 1 unspecified atom stereocenters. The predicted octanol–water partition coefficient (Wildman–Crippen LogP) is 3.99. The first kappa shape index (κ1) is 15.4. The van der Waals surface area contributed by atoms with E-state index in [1.54, 1.807) is 18.4 Å². The Balaban J connectivity index is 2.17. The van der Waals surface area contributed by atoms with Crippen LogP contribution in [0.4, 0.5) is 0 Å². The van der Waals surface area contributed by atoms with Crippen LogP contribution in [0.1, 0.15) is 17.4 Å². The fourth-order valence-electron chi connectivity index (χ4n) is 1.88. The quantitative estimate of drug-likeness (QED) is 0.851. The second-order valence-electron chi connectivity index (χ2n) is 4.64. The van der Waals surface area contributed by atoms with E-state index >= 15 is 0 Å². The van der Waals surface area contributed by atoms with Crippen molar-refractivity contribution >= 4 is 27.3 Å². The molecule has 3 nitrogen and oxygen atoms in total. The summed E-state index contributed by atoms with van der Waals surface area (Å²) >= 11 is 5.18. The monoisotopic (exact) mass is 355 g/mol. The zero-order valence-electron chi connectivity index (χ0n) is 11.6. The first-order chi connectivity index (χ1) is 9.60. The van der Waals surface area contributed by atoms with Gasteiger partial charge in [-0.25, -0.2) is 0 Å². The SMILES string of the molecule is COc1ccc(CC(C)N)c(OCc2sccc2Br)c1. The number of hydrogen-bond donors (Lipinski definition) is 1. The summed E-state index contributed by atoms with van der Waals surface area (Å²) in [6, 6.07) is 7.99. The summed E-state index contributed by atoms with van der Waals surface area (Å²) in [4.78, 5) is 1.17. The molecule has 5 heteroatoms. The van der Waals surface area contributed by atoms with Crippen molar-refractivity contribution in [2.45, 2.75) is 26.0 Å². The highest BCUT2D eigenvalue weighted by molar-refractivity contribution is 9.10. The summed E-state index contributed by atoms with van der Waals surface area (Å²) in [5.41, 5.74) is 6.99. The van der Waals surface area contributed by atoms with Crippen molar-refractivity contribution in [3.63, 3.8) is 0 Å². The van der Waals surface area contributed by atoms with Gasteiger partial charge in [0.05, 0.1) is 12.0 Å². The highest BCUT2D eigenvalue weighted by atomic mass is 79.9. The minimum absolute atomic E-state index is 0.0965. The second kappa shape index (κ2) is 7.11. The highest BCUT2D eigenvalue weighted by Gasteiger charge is 2.10. The summed E-state index contributed by atoms with van der Waals surface area (Å²) in [6.45, 7) is 2.53. The molecule has 0 saturated heterocycles. The first-order valence-electron chi connectivity index (χ1n) is 6.37. The maximum absolute atomic E-state index is 5.95. The van der Waals surface area contributed by atoms with Crippen LogP contribution in [-0.2, 0) is 13.0 Å². The first-order valence-corrected chi connectivity index (χ1v) is 8.04. The van der Waals surface area contributed by atoms with Gasteiger partial charge in [-0.2, -0.15) is 0 Å². The van der Waals surface area contributed by atoms with Gasteiger partial charge in [0.15, 0.2) is 0 Å². The Hall–Kier alpha value is -1.04. The van der Waals surface area contributed by atoms with Gasteiger partial charge >= 0.3 is 0 Å². The van der Waals surface area contributed by atoms with Crippen LogP contribution in [0, 0.1) is 0 Å². The summed E-state index contributed by atoms with van der Waals surface area (Å²) in [6.07, 6.45) is 0.783. The molecule has 2 rings (SSSR count). The van der Waals surface area contributed by atoms with E-state index < -0.39 is 0 Å². The summed E-state index contributed by atoms with van der Waals surface area (Å²) in [5.74, 6) is 1.63. The number of nitrogens with two attached hydrogens (primary N) is 1. The molecule has 0 radical (unpaired) electrons. The number of ether oxygens (including phenoxy) is 2. The van der Waals surface area contributed by atoms with E-state index in [4.69, 9.17) is 15.2 Å². The van der Waals surface area contributed by atoms with Crippen LogP contribution < -0.4 is 15.2 Å². The van der Waals surface area contributed by atoms with Gasteiger partial charge in [-0.15, -0.1) is 11.3 Å². The molecule has 2 aromatic rings. The second-order valence-corrected chi connectivity index (χ2v) is 6.49. The average Bonchev–Trinajstić information content (AvgIpc) is 2.82. The topological polar surface area (TPSA) is 44.5 Å². The highest BCUT2D eigenvalue weighted by Crippen LogP contribution is 2.29. The van der Waals surface area contributed by atoms with Crippen molar-refractivity contribution in [1.82, 2.24) is 0 Å². The molecule has 1 atom stereocenters. The van der Waals surface area contributed by atoms with Crippen molar-refractivity contribution in [2.75, 3.05) is 7.11 Å². The number of methoxy groups -OCH3 is 1. The Kier molecular flexibility index (Phi) is 5.46. The summed E-state index contributed by atoms with van der Waals surface area (Å²) < 4.78 is 12.3. The summed E-state index contributed by atoms with van der Waals surface area (Å²) in [5, 5.41) is 2.04. The molecule has 1 aromatic heterocycles. The van der Waals surface area contributed by atoms with E-state index in [9.17, 15) is 0 Å². The third kappa shape index (κ3) is 3.98. The van der Waals surface area contributed by atoms with Gasteiger partial charge in [-0.1, -0.05) is 6.07 Å². The fourth-order valence-corrected chi connectivity index (χ4v) is 3.26. The Morgan fingerprint density at radius 1 is 1.35 bits per heavy atom. The predicted molar refractivity (Wildman–Crippen MR) is 86.7 cm³/mol. The van der Waals surface area contributed by atoms with Gasteiger partial charge < -0.3 is 15.2 Å². The molecule has 0 aliphatic carbocycles. The number of thiophene rings is 1. The Morgan fingerprint density at radius 2 is 2.15 bits per heavy atom. The van der Waals surface area contributed by atoms with Crippen LogP contribution in [-0.4, -0.2) is 13.2 Å². The molecule has 0 fully saturated rings. The van der Waals surface area contributed by atoms with E-state index in [0.717, 1.165) is 28.0 Å². The Bertz CT molecular complexity index is 569. The molecule has 20 heavy (non-hydrogen) atoms. The molecular formula is C15H18BrNO2S. The van der Waals surface area contributed by atoms with Crippen LogP contribution >= 0.6 is 27.3 Å². The van der Waals surface area contributed by atoms with Crippen molar-refractivity contribution < 1.29 is 9.47 Å². The van der Waals surface area contributed by atoms with E-state index in [1.165, 1.54) is 4.88 Å². The number of benzene rings is 1. The van der Waals surface area contributed by atoms with E-state index in [2.05, 4.69) is 15.9 Å². The van der Waals surface area contributed by atoms with Crippen LogP contribution in [0.25, 0.3) is 0 Å². The fraction of sp³-hybridized carbons (Fsp3) is 0.333. The average molecular weight is 356 g/mol. The van der Waals surface area contributed by atoms with Crippen LogP contribution in [0.15, 0.2) is 34.1 Å². The molecule has 0 aliphatic rings. The van der Waals surface area contributed by atoms with Gasteiger partial charge in [0.25, 0.3) is 0 Å². The lowest BCUT2D eigenvalue weighted by Gasteiger charge is -2.14. The van der Waals surface area contributed by atoms with Gasteiger partial charge in [0.2, 0.25) is 0 Å². The van der Waals surface area contributed by atoms with E-state index in [0.29, 0.717) is 6.61 Å². The normalized spacial score (nSPS) is 12.2. The molecule has 0 aliphatic heterocycles. The Morgan fingerprint density at radius 3 is 2.75 bits per heavy atom. The van der Waals surface area contributed by atoms with E-state index in [1.807, 2.05) is 36.6 Å². The number of rotatable bonds is 6. The van der Waals surface area contributed by atoms with Crippen LogP contribution in [0.3, 0.4) is 0 Å². The molecule has 0 bridgehead atoms. The van der Waals surface area contributed by atoms with E-state index in [-0.39, 0.29) is 6.04 Å². The zero-order chi connectivity index (χ0) is 14.5. The van der Waals surface area contributed by atoms with Crippen LogP contribution in [0.5, 0.6) is 11.5 Å². The van der Waals surface area contributed by atoms with Crippen molar-refractivity contribution in [3.8, 4) is 11.5 Å². The third-order valence-corrected chi connectivity index (χ3v) is 4.77. The maximum Gasteiger partial charge on any atom is 0.126 e. The lowest BCUT2D eigenvalue weighted by Crippen LogP contribution is -2.18. The lowest BCUT2D eigenvalue weighted by atomic mass is 10.1. The standard InChI is InChI=1S/C15H18BrNO2S/c1-10(17)7-11-3-4-12(18-2)8-14(11)19-9-15-13(16)5-6-20-15/h3-6,8,10H,7,9,17H2,1-2H3. The molecule has 2 N–H and O–H groups in total. The minimum atomic E-state index is 0.0965. The summed E-state index contributed by atoms with van der Waals surface area (Å²) in [7, 11) is 1.65. The molecule has 108 valence electrons. The van der Waals surface area contributed by atoms with Crippen molar-refractivity contribution in [1.29, 1.82) is 0 Å². The largest absolute Gasteiger partial charge is 0.497 e. The van der Waals surface area contributed by atoms with Crippen LogP contribution in [0.2, 0.25) is 0 Å². The van der Waals surface area contributed by atoms with Crippen molar-refractivity contribution in [2.24, 2.45) is 5.73 Å². The number of halogens is 1. The smallest absolute Gasteiger partial charge is 0.126 e. The minimum Gasteiger partial charge on any atom is -0.497 e. The molecule has 1 heterocycles. The molecular weight excluding hydrogens is 338 g/mol. The molecule has 0 saturated carbocycles. The van der Waals surface area contributed by atoms with Gasteiger partial charge in [-0.05, 0) is 52.4 Å². The molecule has 0 spiro atoms. The van der Waals surface area contributed by atoms with Gasteiger partial charge in [0.1, 0.15) is 18.1 Å². The molecule has 1 aromatic carbocycles. The Labute approximate surface area is 131 Å². The number of hydrogen-bond acceptors (Lipinski definition) is 4.